The van der Waals surface area contributed by atoms with Gasteiger partial charge in [0.25, 0.3) is 5.91 Å². The highest BCUT2D eigenvalue weighted by molar-refractivity contribution is 5.98. The van der Waals surface area contributed by atoms with E-state index >= 15 is 0 Å². The van der Waals surface area contributed by atoms with E-state index in [1.807, 2.05) is 13.8 Å². The first-order valence-electron chi connectivity index (χ1n) is 6.00. The molecule has 1 atom stereocenters. The van der Waals surface area contributed by atoms with E-state index < -0.39 is 0 Å². The molecule has 0 aliphatic heterocycles. The predicted octanol–water partition coefficient (Wildman–Crippen LogP) is 1.34. The number of aryl methyl sites for hydroxylation is 2. The minimum atomic E-state index is -0.154. The van der Waals surface area contributed by atoms with Crippen LogP contribution in [0, 0.1) is 5.92 Å². The van der Waals surface area contributed by atoms with E-state index in [0.29, 0.717) is 17.3 Å². The van der Waals surface area contributed by atoms with Crippen molar-refractivity contribution in [3.63, 3.8) is 0 Å². The summed E-state index contributed by atoms with van der Waals surface area (Å²) in [5, 5.41) is 7.17. The van der Waals surface area contributed by atoms with Gasteiger partial charge in [0.2, 0.25) is 0 Å². The van der Waals surface area contributed by atoms with Crippen LogP contribution in [-0.4, -0.2) is 21.7 Å². The third-order valence-electron chi connectivity index (χ3n) is 3.07. The van der Waals surface area contributed by atoms with Gasteiger partial charge in [-0.05, 0) is 19.3 Å². The topological polar surface area (TPSA) is 72.9 Å². The van der Waals surface area contributed by atoms with Crippen molar-refractivity contribution < 1.29 is 4.79 Å². The maximum absolute atomic E-state index is 12.1. The second-order valence-corrected chi connectivity index (χ2v) is 4.69. The van der Waals surface area contributed by atoms with Crippen LogP contribution in [0.1, 0.15) is 43.9 Å². The molecule has 96 valence electrons. The number of anilines is 1. The predicted molar refractivity (Wildman–Crippen MR) is 68.8 cm³/mol. The molecule has 0 bridgehead atoms. The van der Waals surface area contributed by atoms with Gasteiger partial charge in [-0.1, -0.05) is 20.8 Å². The molecule has 17 heavy (non-hydrogen) atoms. The number of carbonyl (C=O) groups excluding carboxylic acids is 1. The molecule has 5 heteroatoms. The molecule has 1 heterocycles. The fourth-order valence-electron chi connectivity index (χ4n) is 1.57. The molecular formula is C12H22N4O. The minimum Gasteiger partial charge on any atom is -0.395 e. The number of amides is 1. The van der Waals surface area contributed by atoms with Gasteiger partial charge in [-0.25, -0.2) is 0 Å². The molecule has 0 saturated carbocycles. The van der Waals surface area contributed by atoms with Crippen LogP contribution in [0.2, 0.25) is 0 Å². The largest absolute Gasteiger partial charge is 0.395 e. The monoisotopic (exact) mass is 238 g/mol. The van der Waals surface area contributed by atoms with Crippen molar-refractivity contribution in [3.05, 3.63) is 11.4 Å². The Morgan fingerprint density at radius 2 is 2.06 bits per heavy atom. The minimum absolute atomic E-state index is 0.113. The second kappa shape index (κ2) is 5.21. The van der Waals surface area contributed by atoms with E-state index in [-0.39, 0.29) is 11.9 Å². The fraction of sp³-hybridized carbons (Fsp3) is 0.667. The van der Waals surface area contributed by atoms with Crippen molar-refractivity contribution in [2.75, 3.05) is 5.73 Å². The van der Waals surface area contributed by atoms with Crippen LogP contribution >= 0.6 is 0 Å². The van der Waals surface area contributed by atoms with Gasteiger partial charge in [0.15, 0.2) is 0 Å². The van der Waals surface area contributed by atoms with Gasteiger partial charge in [-0.2, -0.15) is 5.10 Å². The summed E-state index contributed by atoms with van der Waals surface area (Å²) in [7, 11) is 1.74. The van der Waals surface area contributed by atoms with Gasteiger partial charge in [0.05, 0.1) is 11.4 Å². The Morgan fingerprint density at radius 1 is 1.47 bits per heavy atom. The van der Waals surface area contributed by atoms with E-state index in [4.69, 9.17) is 5.73 Å². The Morgan fingerprint density at radius 3 is 2.47 bits per heavy atom. The van der Waals surface area contributed by atoms with Crippen molar-refractivity contribution in [1.82, 2.24) is 15.1 Å². The third-order valence-corrected chi connectivity index (χ3v) is 3.07. The van der Waals surface area contributed by atoms with E-state index in [1.165, 1.54) is 0 Å². The maximum atomic E-state index is 12.1. The lowest BCUT2D eigenvalue weighted by molar-refractivity contribution is 0.0922. The van der Waals surface area contributed by atoms with Crippen molar-refractivity contribution in [3.8, 4) is 0 Å². The summed E-state index contributed by atoms with van der Waals surface area (Å²) in [6.07, 6.45) is 0.729. The zero-order chi connectivity index (χ0) is 13.2. The van der Waals surface area contributed by atoms with Crippen LogP contribution < -0.4 is 11.1 Å². The van der Waals surface area contributed by atoms with Crippen LogP contribution in [0.5, 0.6) is 0 Å². The lowest BCUT2D eigenvalue weighted by Crippen LogP contribution is -2.37. The number of nitrogens with one attached hydrogen (secondary N) is 1. The van der Waals surface area contributed by atoms with Gasteiger partial charge < -0.3 is 11.1 Å². The number of nitrogens with zero attached hydrogens (tertiary/aromatic N) is 2. The number of rotatable bonds is 4. The fourth-order valence-corrected chi connectivity index (χ4v) is 1.57. The lowest BCUT2D eigenvalue weighted by Gasteiger charge is -2.17. The zero-order valence-corrected chi connectivity index (χ0v) is 11.2. The Hall–Kier alpha value is -1.52. The molecule has 1 rings (SSSR count). The highest BCUT2D eigenvalue weighted by Crippen LogP contribution is 2.17. The lowest BCUT2D eigenvalue weighted by atomic mass is 10.1. The Labute approximate surface area is 102 Å². The van der Waals surface area contributed by atoms with Crippen molar-refractivity contribution in [1.29, 1.82) is 0 Å². The third kappa shape index (κ3) is 2.78. The summed E-state index contributed by atoms with van der Waals surface area (Å²) in [5.41, 5.74) is 7.64. The van der Waals surface area contributed by atoms with Crippen molar-refractivity contribution in [2.24, 2.45) is 13.0 Å². The quantitative estimate of drug-likeness (QED) is 0.831. The molecule has 3 N–H and O–H groups in total. The van der Waals surface area contributed by atoms with Crippen LogP contribution in [0.25, 0.3) is 0 Å². The number of carbonyl (C=O) groups is 1. The zero-order valence-electron chi connectivity index (χ0n) is 11.2. The van der Waals surface area contributed by atoms with E-state index in [9.17, 15) is 4.79 Å². The molecule has 5 nitrogen and oxygen atoms in total. The van der Waals surface area contributed by atoms with Gasteiger partial charge in [-0.3, -0.25) is 9.48 Å². The Bertz CT molecular complexity index is 409. The molecule has 0 radical (unpaired) electrons. The first kappa shape index (κ1) is 13.5. The standard InChI is InChI=1S/C12H22N4O/c1-6-9-10(13)11(16(5)15-9)12(17)14-8(4)7(2)3/h7-8H,6,13H2,1-5H3,(H,14,17). The normalized spacial score (nSPS) is 12.8. The van der Waals surface area contributed by atoms with Crippen LogP contribution in [0.3, 0.4) is 0 Å². The molecule has 0 fully saturated rings. The summed E-state index contributed by atoms with van der Waals surface area (Å²) in [5.74, 6) is 0.234. The number of hydrogen-bond acceptors (Lipinski definition) is 3. The van der Waals surface area contributed by atoms with Gasteiger partial charge in [-0.15, -0.1) is 0 Å². The molecule has 1 unspecified atom stereocenters. The number of nitrogen functional groups attached to an aromatic ring is 1. The first-order chi connectivity index (χ1) is 7.88. The van der Waals surface area contributed by atoms with Crippen molar-refractivity contribution in [2.45, 2.75) is 40.2 Å². The van der Waals surface area contributed by atoms with E-state index in [1.54, 1.807) is 11.7 Å². The van der Waals surface area contributed by atoms with Gasteiger partial charge >= 0.3 is 0 Å². The second-order valence-electron chi connectivity index (χ2n) is 4.69. The van der Waals surface area contributed by atoms with Crippen LogP contribution in [0.15, 0.2) is 0 Å². The molecule has 1 aromatic rings. The van der Waals surface area contributed by atoms with Crippen molar-refractivity contribution >= 4 is 11.6 Å². The molecule has 0 spiro atoms. The SMILES string of the molecule is CCc1nn(C)c(C(=O)NC(C)C(C)C)c1N. The molecule has 0 aliphatic carbocycles. The van der Waals surface area contributed by atoms with E-state index in [0.717, 1.165) is 12.1 Å². The average Bonchev–Trinajstić information content (AvgIpc) is 2.53. The first-order valence-corrected chi connectivity index (χ1v) is 6.00. The van der Waals surface area contributed by atoms with Crippen LogP contribution in [-0.2, 0) is 13.5 Å². The van der Waals surface area contributed by atoms with E-state index in [2.05, 4.69) is 24.3 Å². The smallest absolute Gasteiger partial charge is 0.271 e. The van der Waals surface area contributed by atoms with Crippen LogP contribution in [0.4, 0.5) is 5.69 Å². The molecular weight excluding hydrogens is 216 g/mol. The summed E-state index contributed by atoms with van der Waals surface area (Å²) in [6, 6.07) is 0.113. The molecule has 0 saturated heterocycles. The molecule has 0 aromatic carbocycles. The number of nitrogens with two attached hydrogens (primary N) is 1. The maximum Gasteiger partial charge on any atom is 0.271 e. The Balaban J connectivity index is 2.93. The summed E-state index contributed by atoms with van der Waals surface area (Å²) in [6.45, 7) is 8.08. The number of aromatic nitrogens is 2. The average molecular weight is 238 g/mol. The summed E-state index contributed by atoms with van der Waals surface area (Å²) >= 11 is 0. The molecule has 0 aliphatic rings. The summed E-state index contributed by atoms with van der Waals surface area (Å²) in [4.78, 5) is 12.1. The van der Waals surface area contributed by atoms with Gasteiger partial charge in [0.1, 0.15) is 5.69 Å². The molecule has 1 aromatic heterocycles. The Kier molecular flexibility index (Phi) is 4.15. The highest BCUT2D eigenvalue weighted by Gasteiger charge is 2.21. The van der Waals surface area contributed by atoms with Gasteiger partial charge in [0, 0.05) is 13.1 Å². The summed E-state index contributed by atoms with van der Waals surface area (Å²) < 4.78 is 1.55. The highest BCUT2D eigenvalue weighted by atomic mass is 16.2. The number of hydrogen-bond donors (Lipinski definition) is 2. The molecule has 1 amide bonds.